The number of hydrogen-bond acceptors (Lipinski definition) is 8. The molecule has 4 aliphatic heterocycles. The summed E-state index contributed by atoms with van der Waals surface area (Å²) in [6.07, 6.45) is -0.214. The van der Waals surface area contributed by atoms with Crippen molar-refractivity contribution in [1.29, 1.82) is 0 Å². The number of nitrogens with one attached hydrogen (secondary N) is 3. The molecule has 3 N–H and O–H groups in total. The Hall–Kier alpha value is -6.16. The molecule has 3 aromatic rings. The molecule has 0 unspecified atom stereocenters. The molecule has 7 amide bonds. The van der Waals surface area contributed by atoms with E-state index < -0.39 is 34.7 Å². The Morgan fingerprint density at radius 1 is 0.729 bits per heavy atom. The number of urea groups is 1. The lowest BCUT2D eigenvalue weighted by atomic mass is 9.85. The van der Waals surface area contributed by atoms with Gasteiger partial charge in [-0.15, -0.1) is 0 Å². The van der Waals surface area contributed by atoms with Crippen LogP contribution in [0.15, 0.2) is 60.7 Å². The van der Waals surface area contributed by atoms with Gasteiger partial charge in [0.1, 0.15) is 16.9 Å². The van der Waals surface area contributed by atoms with E-state index in [9.17, 15) is 28.8 Å². The monoisotopic (exact) mass is 647 g/mol. The minimum absolute atomic E-state index is 0.0983. The van der Waals surface area contributed by atoms with E-state index in [2.05, 4.69) is 27.8 Å². The van der Waals surface area contributed by atoms with Crippen LogP contribution in [0.3, 0.4) is 0 Å². The fourth-order valence-electron chi connectivity index (χ4n) is 6.64. The Balaban J connectivity index is 1.15. The first-order chi connectivity index (χ1) is 23.0. The third-order valence-corrected chi connectivity index (χ3v) is 9.20. The minimum atomic E-state index is -1.57. The summed E-state index contributed by atoms with van der Waals surface area (Å²) in [6, 6.07) is 16.2. The first kappa shape index (κ1) is 30.5. The summed E-state index contributed by atoms with van der Waals surface area (Å²) in [6.45, 7) is 0.271. The van der Waals surface area contributed by atoms with Gasteiger partial charge in [0, 0.05) is 36.3 Å². The highest BCUT2D eigenvalue weighted by Gasteiger charge is 2.51. The highest BCUT2D eigenvalue weighted by Crippen LogP contribution is 2.35. The molecule has 2 fully saturated rings. The van der Waals surface area contributed by atoms with E-state index in [0.29, 0.717) is 33.8 Å². The van der Waals surface area contributed by atoms with Crippen LogP contribution in [0.25, 0.3) is 0 Å². The third kappa shape index (κ3) is 4.98. The molecule has 48 heavy (non-hydrogen) atoms. The van der Waals surface area contributed by atoms with Crippen LogP contribution in [0.2, 0.25) is 0 Å². The molecule has 0 bridgehead atoms. The van der Waals surface area contributed by atoms with Crippen molar-refractivity contribution in [2.45, 2.75) is 25.0 Å². The SMILES string of the molecule is COc1ccc2c(c1)C(=O)N(C[C@@]1(C#Cc3ccc([C@@]4(CN5Cc6ccc(OC)cc6C5=O)NC(=O)NC4=O)cc3)CC(=O)NC1=O)C2. The molecule has 13 nitrogen and oxygen atoms in total. The Kier molecular flexibility index (Phi) is 7.16. The molecule has 2 saturated heterocycles. The predicted octanol–water partition coefficient (Wildman–Crippen LogP) is 1.43. The summed E-state index contributed by atoms with van der Waals surface area (Å²) in [4.78, 5) is 80.7. The van der Waals surface area contributed by atoms with Gasteiger partial charge >= 0.3 is 6.03 Å². The van der Waals surface area contributed by atoms with Crippen molar-refractivity contribution in [2.75, 3.05) is 27.3 Å². The molecule has 0 saturated carbocycles. The van der Waals surface area contributed by atoms with E-state index in [4.69, 9.17) is 9.47 Å². The molecule has 3 aromatic carbocycles. The summed E-state index contributed by atoms with van der Waals surface area (Å²) < 4.78 is 10.5. The fraction of sp³-hybridized carbons (Fsp3) is 0.257. The average molecular weight is 648 g/mol. The Morgan fingerprint density at radius 2 is 1.31 bits per heavy atom. The average Bonchev–Trinajstić information content (AvgIpc) is 3.75. The Bertz CT molecular complexity index is 2010. The summed E-state index contributed by atoms with van der Waals surface area (Å²) in [7, 11) is 3.02. The number of ether oxygens (including phenoxy) is 2. The second kappa shape index (κ2) is 11.3. The summed E-state index contributed by atoms with van der Waals surface area (Å²) in [5, 5.41) is 7.32. The van der Waals surface area contributed by atoms with Crippen molar-refractivity contribution in [1.82, 2.24) is 25.8 Å². The van der Waals surface area contributed by atoms with Gasteiger partial charge in [-0.2, -0.15) is 0 Å². The summed E-state index contributed by atoms with van der Waals surface area (Å²) in [5.41, 5.74) is 0.300. The number of methoxy groups -OCH3 is 2. The van der Waals surface area contributed by atoms with Crippen molar-refractivity contribution in [2.24, 2.45) is 5.41 Å². The molecular weight excluding hydrogens is 618 g/mol. The zero-order valence-corrected chi connectivity index (χ0v) is 26.0. The lowest BCUT2D eigenvalue weighted by molar-refractivity contribution is -0.127. The van der Waals surface area contributed by atoms with Gasteiger partial charge in [0.25, 0.3) is 17.7 Å². The second-order valence-electron chi connectivity index (χ2n) is 12.1. The highest BCUT2D eigenvalue weighted by molar-refractivity contribution is 6.09. The number of fused-ring (bicyclic) bond motifs is 2. The van der Waals surface area contributed by atoms with Crippen LogP contribution < -0.4 is 25.4 Å². The van der Waals surface area contributed by atoms with Crippen LogP contribution in [0, 0.1) is 17.3 Å². The molecular formula is C35H29N5O8. The first-order valence-corrected chi connectivity index (χ1v) is 15.1. The van der Waals surface area contributed by atoms with Gasteiger partial charge in [0.15, 0.2) is 5.54 Å². The molecule has 2 atom stereocenters. The molecule has 242 valence electrons. The third-order valence-electron chi connectivity index (χ3n) is 9.20. The van der Waals surface area contributed by atoms with Gasteiger partial charge < -0.3 is 24.6 Å². The number of carbonyl (C=O) groups is 6. The molecule has 0 aliphatic carbocycles. The maximum Gasteiger partial charge on any atom is 0.322 e. The first-order valence-electron chi connectivity index (χ1n) is 15.1. The van der Waals surface area contributed by atoms with Crippen molar-refractivity contribution < 1.29 is 38.2 Å². The van der Waals surface area contributed by atoms with Crippen molar-refractivity contribution in [3.63, 3.8) is 0 Å². The molecule has 4 heterocycles. The molecule has 4 aliphatic rings. The fourth-order valence-corrected chi connectivity index (χ4v) is 6.64. The largest absolute Gasteiger partial charge is 0.497 e. The molecule has 7 rings (SSSR count). The normalized spacial score (nSPS) is 22.5. The van der Waals surface area contributed by atoms with Crippen molar-refractivity contribution in [3.8, 4) is 23.3 Å². The number of carbonyl (C=O) groups excluding carboxylic acids is 6. The van der Waals surface area contributed by atoms with Gasteiger partial charge in [-0.1, -0.05) is 36.1 Å². The maximum absolute atomic E-state index is 13.3. The van der Waals surface area contributed by atoms with Crippen molar-refractivity contribution >= 4 is 35.6 Å². The number of hydrogen-bond donors (Lipinski definition) is 3. The Morgan fingerprint density at radius 3 is 1.81 bits per heavy atom. The lowest BCUT2D eigenvalue weighted by Gasteiger charge is -2.31. The molecule has 0 radical (unpaired) electrons. The number of benzene rings is 3. The van der Waals surface area contributed by atoms with Crippen molar-refractivity contribution in [3.05, 3.63) is 94.0 Å². The highest BCUT2D eigenvalue weighted by atomic mass is 16.5. The standard InChI is InChI=1S/C35H29N5O8/c1-47-24-9-5-21-16-39(29(42)26(21)13-24)18-34(15-28(41)36-31(34)44)12-11-20-3-7-23(8-4-20)35(32(45)37-33(46)38-35)19-40-17-22-6-10-25(48-2)14-27(22)30(40)43/h3-10,13-14H,15-19H2,1-2H3,(H,36,41,44)(H2,37,38,45,46)/t34-,35-/m1/s1. The molecule has 0 spiro atoms. The van der Waals surface area contributed by atoms with E-state index in [1.165, 1.54) is 24.0 Å². The van der Waals surface area contributed by atoms with E-state index in [-0.39, 0.29) is 44.4 Å². The van der Waals surface area contributed by atoms with Crippen LogP contribution in [-0.4, -0.2) is 72.7 Å². The van der Waals surface area contributed by atoms with Gasteiger partial charge in [-0.25, -0.2) is 4.79 Å². The predicted molar refractivity (Wildman–Crippen MR) is 167 cm³/mol. The van der Waals surface area contributed by atoms with E-state index in [1.54, 1.807) is 60.7 Å². The zero-order valence-electron chi connectivity index (χ0n) is 26.0. The van der Waals surface area contributed by atoms with E-state index in [0.717, 1.165) is 11.1 Å². The van der Waals surface area contributed by atoms with Gasteiger partial charge in [0.2, 0.25) is 11.8 Å². The smallest absolute Gasteiger partial charge is 0.322 e. The summed E-state index contributed by atoms with van der Waals surface area (Å²) >= 11 is 0. The topological polar surface area (TPSA) is 163 Å². The van der Waals surface area contributed by atoms with E-state index in [1.807, 2.05) is 0 Å². The number of nitrogens with zero attached hydrogens (tertiary/aromatic N) is 2. The quantitative estimate of drug-likeness (QED) is 0.197. The van der Waals surface area contributed by atoms with Crippen LogP contribution >= 0.6 is 0 Å². The number of amides is 7. The van der Waals surface area contributed by atoms with Gasteiger partial charge in [-0.05, 0) is 53.1 Å². The zero-order chi connectivity index (χ0) is 33.8. The summed E-state index contributed by atoms with van der Waals surface area (Å²) in [5.74, 6) is 4.74. The van der Waals surface area contributed by atoms with Gasteiger partial charge in [-0.3, -0.25) is 34.6 Å². The van der Waals surface area contributed by atoms with Gasteiger partial charge in [0.05, 0.1) is 27.2 Å². The van der Waals surface area contributed by atoms with Crippen LogP contribution in [0.1, 0.15) is 49.4 Å². The maximum atomic E-state index is 13.3. The van der Waals surface area contributed by atoms with Crippen LogP contribution in [-0.2, 0) is 33.0 Å². The number of rotatable bonds is 7. The van der Waals surface area contributed by atoms with Crippen LogP contribution in [0.4, 0.5) is 4.79 Å². The van der Waals surface area contributed by atoms with E-state index >= 15 is 0 Å². The lowest BCUT2D eigenvalue weighted by Crippen LogP contribution is -2.52. The minimum Gasteiger partial charge on any atom is -0.497 e. The molecule has 0 aromatic heterocycles. The second-order valence-corrected chi connectivity index (χ2v) is 12.1. The Labute approximate surface area is 274 Å². The molecule has 13 heteroatoms. The van der Waals surface area contributed by atoms with Crippen LogP contribution in [0.5, 0.6) is 11.5 Å². The number of imide groups is 2.